The standard InChI is InChI=1S/C8H15NO6/c1-4(12)9-5(2-10)7(14)8(15)6(13)3-11/h2,5-8,11,13-15H,3H2,1H3,(H,9,12)/t5-,6+,7+,8+/m0/s1/i2+1,3+1,5+1,6+1,7+1,8+1. The van der Waals surface area contributed by atoms with Crippen LogP contribution < -0.4 is 5.32 Å². The number of carbonyl (C=O) groups is 2. The van der Waals surface area contributed by atoms with Gasteiger partial charge in [-0.15, -0.1) is 0 Å². The van der Waals surface area contributed by atoms with E-state index in [1.807, 2.05) is 0 Å². The quantitative estimate of drug-likeness (QED) is 0.240. The molecule has 0 rings (SSSR count). The molecule has 0 aromatic heterocycles. The van der Waals surface area contributed by atoms with Crippen LogP contribution in [0.3, 0.4) is 0 Å². The highest BCUT2D eigenvalue weighted by Gasteiger charge is 2.31. The van der Waals surface area contributed by atoms with Gasteiger partial charge in [-0.3, -0.25) is 4.79 Å². The molecular weight excluding hydrogens is 212 g/mol. The highest BCUT2D eigenvalue weighted by Crippen LogP contribution is 2.03. The second-order valence-corrected chi connectivity index (χ2v) is 3.09. The Balaban J connectivity index is 4.42. The Morgan fingerprint density at radius 2 is 1.87 bits per heavy atom. The van der Waals surface area contributed by atoms with Crippen LogP contribution in [0.15, 0.2) is 0 Å². The molecule has 0 heterocycles. The Morgan fingerprint density at radius 1 is 1.33 bits per heavy atom. The number of aliphatic hydroxyl groups excluding tert-OH is 4. The Bertz CT molecular complexity index is 221. The molecule has 0 aliphatic rings. The van der Waals surface area contributed by atoms with Crippen LogP contribution in [0, 0.1) is 0 Å². The fourth-order valence-electron chi connectivity index (χ4n) is 0.983. The minimum absolute atomic E-state index is 0.235. The number of hydrogen-bond donors (Lipinski definition) is 5. The van der Waals surface area contributed by atoms with Crippen LogP contribution in [0.5, 0.6) is 0 Å². The minimum atomic E-state index is -1.71. The van der Waals surface area contributed by atoms with Gasteiger partial charge in [0.1, 0.15) is 30.6 Å². The third-order valence-corrected chi connectivity index (χ3v) is 1.82. The summed E-state index contributed by atoms with van der Waals surface area (Å²) in [6.45, 7) is 0.377. The molecule has 0 saturated carbocycles. The van der Waals surface area contributed by atoms with Crippen LogP contribution in [-0.2, 0) is 9.59 Å². The predicted molar refractivity (Wildman–Crippen MR) is 48.8 cm³/mol. The van der Waals surface area contributed by atoms with E-state index in [9.17, 15) is 19.8 Å². The molecule has 0 saturated heterocycles. The monoisotopic (exact) mass is 227 g/mol. The summed E-state index contributed by atoms with van der Waals surface area (Å²) in [5.41, 5.74) is 0. The SMILES string of the molecule is CC(=O)N[13C@@H]([13CH]=O)[13C@@H](O)[13C@H](O)[13C@H](O)[13CH2]O. The maximum absolute atomic E-state index is 10.6. The van der Waals surface area contributed by atoms with E-state index in [2.05, 4.69) is 5.32 Å². The number of nitrogens with one attached hydrogen (secondary N) is 1. The zero-order valence-electron chi connectivity index (χ0n) is 8.20. The van der Waals surface area contributed by atoms with Crippen molar-refractivity contribution in [3.8, 4) is 0 Å². The normalized spacial score (nSPS) is 18.7. The molecule has 0 aromatic rings. The second-order valence-electron chi connectivity index (χ2n) is 3.09. The van der Waals surface area contributed by atoms with E-state index in [4.69, 9.17) is 10.2 Å². The van der Waals surface area contributed by atoms with Crippen molar-refractivity contribution >= 4 is 12.2 Å². The van der Waals surface area contributed by atoms with Crippen molar-refractivity contribution in [2.45, 2.75) is 31.3 Å². The number of carbonyl (C=O) groups excluding carboxylic acids is 2. The maximum atomic E-state index is 10.6. The molecule has 1 amide bonds. The average molecular weight is 227 g/mol. The van der Waals surface area contributed by atoms with Gasteiger partial charge >= 0.3 is 0 Å². The highest BCUT2D eigenvalue weighted by molar-refractivity contribution is 5.77. The summed E-state index contributed by atoms with van der Waals surface area (Å²) >= 11 is 0. The van der Waals surface area contributed by atoms with Gasteiger partial charge < -0.3 is 30.5 Å². The summed E-state index contributed by atoms with van der Waals surface area (Å²) in [5, 5.41) is 38.2. The van der Waals surface area contributed by atoms with Gasteiger partial charge in [0.05, 0.1) is 6.61 Å². The minimum Gasteiger partial charge on any atom is -0.394 e. The number of aldehydes is 1. The molecule has 0 aliphatic heterocycles. The largest absolute Gasteiger partial charge is 0.394 e. The average Bonchev–Trinajstić information content (AvgIpc) is 2.22. The summed E-state index contributed by atoms with van der Waals surface area (Å²) in [6, 6.07) is -1.32. The summed E-state index contributed by atoms with van der Waals surface area (Å²) in [6.07, 6.45) is -4.72. The van der Waals surface area contributed by atoms with E-state index in [1.54, 1.807) is 0 Å². The molecule has 0 aliphatic carbocycles. The molecular formula is C8H15NO6. The van der Waals surface area contributed by atoms with Crippen molar-refractivity contribution in [1.82, 2.24) is 5.32 Å². The molecule has 4 atom stereocenters. The lowest BCUT2D eigenvalue weighted by Gasteiger charge is -2.25. The Hall–Kier alpha value is -1.02. The number of hydrogen-bond acceptors (Lipinski definition) is 6. The van der Waals surface area contributed by atoms with Crippen LogP contribution in [0.4, 0.5) is 0 Å². The lowest BCUT2D eigenvalue weighted by Crippen LogP contribution is -2.53. The van der Waals surface area contributed by atoms with Crippen LogP contribution >= 0.6 is 0 Å². The van der Waals surface area contributed by atoms with Crippen molar-refractivity contribution < 1.29 is 30.0 Å². The van der Waals surface area contributed by atoms with Gasteiger partial charge in [-0.1, -0.05) is 0 Å². The molecule has 15 heavy (non-hydrogen) atoms. The van der Waals surface area contributed by atoms with Gasteiger partial charge in [0.25, 0.3) is 0 Å². The van der Waals surface area contributed by atoms with E-state index >= 15 is 0 Å². The lowest BCUT2D eigenvalue weighted by molar-refractivity contribution is -0.129. The predicted octanol–water partition coefficient (Wildman–Crippen LogP) is -3.23. The molecule has 0 bridgehead atoms. The lowest BCUT2D eigenvalue weighted by atomic mass is 10.7. The highest BCUT2D eigenvalue weighted by atomic mass is 16.5. The van der Waals surface area contributed by atoms with Gasteiger partial charge in [-0.25, -0.2) is 0 Å². The Labute approximate surface area is 86.3 Å². The van der Waals surface area contributed by atoms with Crippen molar-refractivity contribution in [2.75, 3.05) is 6.61 Å². The topological polar surface area (TPSA) is 127 Å². The molecule has 7 nitrogen and oxygen atoms in total. The second kappa shape index (κ2) is 6.46. The summed E-state index contributed by atoms with van der Waals surface area (Å²) in [5.74, 6) is -0.558. The first-order valence-corrected chi connectivity index (χ1v) is 4.31. The van der Waals surface area contributed by atoms with Gasteiger partial charge in [0, 0.05) is 6.92 Å². The third-order valence-electron chi connectivity index (χ3n) is 1.82. The fourth-order valence-corrected chi connectivity index (χ4v) is 0.983. The van der Waals surface area contributed by atoms with E-state index in [1.165, 1.54) is 0 Å². The molecule has 5 N–H and O–H groups in total. The molecule has 0 fully saturated rings. The Morgan fingerprint density at radius 3 is 2.20 bits per heavy atom. The van der Waals surface area contributed by atoms with E-state index in [0.29, 0.717) is 0 Å². The number of aliphatic hydroxyl groups is 4. The smallest absolute Gasteiger partial charge is 0.217 e. The van der Waals surface area contributed by atoms with Crippen molar-refractivity contribution in [3.63, 3.8) is 0 Å². The third kappa shape index (κ3) is 4.34. The van der Waals surface area contributed by atoms with Gasteiger partial charge in [-0.05, 0) is 0 Å². The van der Waals surface area contributed by atoms with Crippen molar-refractivity contribution in [3.05, 3.63) is 0 Å². The first kappa shape index (κ1) is 14.0. The molecule has 0 spiro atoms. The molecule has 0 unspecified atom stereocenters. The Kier molecular flexibility index (Phi) is 6.02. The number of rotatable bonds is 6. The van der Waals surface area contributed by atoms with E-state index in [0.717, 1.165) is 6.92 Å². The molecule has 0 aromatic carbocycles. The summed E-state index contributed by atoms with van der Waals surface area (Å²) in [7, 11) is 0. The van der Waals surface area contributed by atoms with Crippen molar-refractivity contribution in [1.29, 1.82) is 0 Å². The van der Waals surface area contributed by atoms with Crippen molar-refractivity contribution in [2.24, 2.45) is 0 Å². The number of amides is 1. The van der Waals surface area contributed by atoms with Gasteiger partial charge in [-0.2, -0.15) is 0 Å². The van der Waals surface area contributed by atoms with Gasteiger partial charge in [0.15, 0.2) is 0 Å². The van der Waals surface area contributed by atoms with Gasteiger partial charge in [0.2, 0.25) is 5.91 Å². The van der Waals surface area contributed by atoms with Crippen LogP contribution in [0.25, 0.3) is 0 Å². The van der Waals surface area contributed by atoms with Crippen LogP contribution in [0.1, 0.15) is 6.92 Å². The zero-order valence-corrected chi connectivity index (χ0v) is 8.20. The van der Waals surface area contributed by atoms with E-state index in [-0.39, 0.29) is 6.29 Å². The summed E-state index contributed by atoms with van der Waals surface area (Å²) < 4.78 is 0. The summed E-state index contributed by atoms with van der Waals surface area (Å²) in [4.78, 5) is 21.1. The molecule has 7 heteroatoms. The first-order valence-electron chi connectivity index (χ1n) is 4.31. The first-order chi connectivity index (χ1) is 6.93. The van der Waals surface area contributed by atoms with Crippen LogP contribution in [-0.4, -0.2) is 63.6 Å². The van der Waals surface area contributed by atoms with Crippen LogP contribution in [0.2, 0.25) is 0 Å². The molecule has 0 radical (unpaired) electrons. The fraction of sp³-hybridized carbons (Fsp3) is 0.750. The molecule has 88 valence electrons. The van der Waals surface area contributed by atoms with E-state index < -0.39 is 36.9 Å². The maximum Gasteiger partial charge on any atom is 0.217 e. The zero-order chi connectivity index (χ0) is 12.0.